The van der Waals surface area contributed by atoms with E-state index >= 15 is 0 Å². The second-order valence-corrected chi connectivity index (χ2v) is 14.6. The quantitative estimate of drug-likeness (QED) is 0.0866. The van der Waals surface area contributed by atoms with Crippen LogP contribution in [0, 0.1) is 0 Å². The molecule has 0 atom stereocenters. The highest BCUT2D eigenvalue weighted by Crippen LogP contribution is 2.32. The highest BCUT2D eigenvalue weighted by atomic mass is 15.3. The molecule has 0 aliphatic rings. The third-order valence-electron chi connectivity index (χ3n) is 10.2. The van der Waals surface area contributed by atoms with Gasteiger partial charge in [-0.05, 0) is 74.9 Å². The molecule has 0 spiro atoms. The number of rotatable bonds is 17. The molecule has 6 rings (SSSR count). The van der Waals surface area contributed by atoms with Crippen LogP contribution < -0.4 is 0 Å². The van der Waals surface area contributed by atoms with E-state index < -0.39 is 0 Å². The van der Waals surface area contributed by atoms with Crippen molar-refractivity contribution in [2.24, 2.45) is 0 Å². The Morgan fingerprint density at radius 1 is 0.418 bits per heavy atom. The molecule has 0 aliphatic carbocycles. The van der Waals surface area contributed by atoms with Gasteiger partial charge in [-0.3, -0.25) is 0 Å². The zero-order valence-corrected chi connectivity index (χ0v) is 33.2. The fraction of sp³-hybridized carbons (Fsp3) is 0.208. The van der Waals surface area contributed by atoms with E-state index in [0.717, 1.165) is 32.4 Å². The molecule has 2 nitrogen and oxygen atoms in total. The summed E-state index contributed by atoms with van der Waals surface area (Å²) in [6.07, 6.45) is 14.4. The topological polar surface area (TPSA) is 6.48 Å². The van der Waals surface area contributed by atoms with Crippen molar-refractivity contribution >= 4 is 29.9 Å². The summed E-state index contributed by atoms with van der Waals surface area (Å²) in [5.41, 5.74) is 13.6. The molecule has 2 heteroatoms. The molecular formula is C53H56N2. The summed E-state index contributed by atoms with van der Waals surface area (Å²) in [5, 5.41) is 0. The Hall–Kier alpha value is -5.86. The fourth-order valence-electron chi connectivity index (χ4n) is 7.00. The second-order valence-electron chi connectivity index (χ2n) is 14.6. The SMILES string of the molecule is CCCCN(C)C(=C(c1ccc(/C=C/c2ccc(Cc3ccccc3)cc2)cc1)c1ccc(/C=C/c2ccc(-c3ccccc3)cc2)cc1)N(C)CCCC. The lowest BCUT2D eigenvalue weighted by Crippen LogP contribution is -2.33. The van der Waals surface area contributed by atoms with Crippen LogP contribution in [0.5, 0.6) is 0 Å². The normalized spacial score (nSPS) is 11.3. The van der Waals surface area contributed by atoms with E-state index in [1.807, 2.05) is 0 Å². The van der Waals surface area contributed by atoms with Crippen LogP contribution in [0.15, 0.2) is 164 Å². The van der Waals surface area contributed by atoms with E-state index in [-0.39, 0.29) is 0 Å². The van der Waals surface area contributed by atoms with Gasteiger partial charge in [-0.15, -0.1) is 0 Å². The molecular weight excluding hydrogens is 665 g/mol. The van der Waals surface area contributed by atoms with Crippen molar-refractivity contribution in [3.63, 3.8) is 0 Å². The first-order valence-electron chi connectivity index (χ1n) is 20.0. The molecule has 0 fully saturated rings. The Kier molecular flexibility index (Phi) is 14.1. The van der Waals surface area contributed by atoms with Gasteiger partial charge in [-0.1, -0.05) is 209 Å². The lowest BCUT2D eigenvalue weighted by molar-refractivity contribution is 0.265. The number of unbranched alkanes of at least 4 members (excludes halogenated alkanes) is 2. The molecule has 55 heavy (non-hydrogen) atoms. The smallest absolute Gasteiger partial charge is 0.112 e. The van der Waals surface area contributed by atoms with Crippen molar-refractivity contribution in [2.75, 3.05) is 27.2 Å². The number of hydrogen-bond acceptors (Lipinski definition) is 2. The Morgan fingerprint density at radius 2 is 0.782 bits per heavy atom. The van der Waals surface area contributed by atoms with Crippen LogP contribution in [0.1, 0.15) is 84.0 Å². The summed E-state index contributed by atoms with van der Waals surface area (Å²) in [4.78, 5) is 4.94. The minimum atomic E-state index is 0.953. The van der Waals surface area contributed by atoms with E-state index in [4.69, 9.17) is 0 Å². The second kappa shape index (κ2) is 20.0. The van der Waals surface area contributed by atoms with Crippen molar-refractivity contribution in [3.05, 3.63) is 208 Å². The van der Waals surface area contributed by atoms with Crippen LogP contribution in [0.4, 0.5) is 0 Å². The summed E-state index contributed by atoms with van der Waals surface area (Å²) in [7, 11) is 4.52. The van der Waals surface area contributed by atoms with Gasteiger partial charge >= 0.3 is 0 Å². The highest BCUT2D eigenvalue weighted by molar-refractivity contribution is 5.83. The van der Waals surface area contributed by atoms with Crippen LogP contribution in [0.2, 0.25) is 0 Å². The molecule has 0 saturated carbocycles. The lowest BCUT2D eigenvalue weighted by Gasteiger charge is -2.34. The largest absolute Gasteiger partial charge is 0.361 e. The Balaban J connectivity index is 1.25. The Morgan fingerprint density at radius 3 is 1.22 bits per heavy atom. The molecule has 0 bridgehead atoms. The van der Waals surface area contributed by atoms with Crippen LogP contribution in [0.25, 0.3) is 41.0 Å². The van der Waals surface area contributed by atoms with Gasteiger partial charge in [0.2, 0.25) is 0 Å². The molecule has 278 valence electrons. The number of hydrogen-bond donors (Lipinski definition) is 0. The van der Waals surface area contributed by atoms with Gasteiger partial charge in [0.05, 0.1) is 0 Å². The van der Waals surface area contributed by atoms with E-state index in [1.165, 1.54) is 79.9 Å². The van der Waals surface area contributed by atoms with Crippen LogP contribution >= 0.6 is 0 Å². The summed E-state index contributed by atoms with van der Waals surface area (Å²) in [6, 6.07) is 57.1. The first kappa shape index (κ1) is 38.9. The monoisotopic (exact) mass is 720 g/mol. The number of benzene rings is 6. The first-order valence-corrected chi connectivity index (χ1v) is 20.0. The molecule has 0 unspecified atom stereocenters. The van der Waals surface area contributed by atoms with Crippen LogP contribution in [-0.4, -0.2) is 37.0 Å². The molecule has 0 radical (unpaired) electrons. The first-order chi connectivity index (χ1) is 27.0. The lowest BCUT2D eigenvalue weighted by atomic mass is 9.94. The van der Waals surface area contributed by atoms with Gasteiger partial charge in [-0.25, -0.2) is 0 Å². The van der Waals surface area contributed by atoms with Crippen molar-refractivity contribution in [1.82, 2.24) is 9.80 Å². The predicted molar refractivity (Wildman–Crippen MR) is 239 cm³/mol. The molecule has 0 aliphatic heterocycles. The Bertz CT molecular complexity index is 2110. The maximum atomic E-state index is 2.47. The van der Waals surface area contributed by atoms with Crippen molar-refractivity contribution in [1.29, 1.82) is 0 Å². The summed E-state index contributed by atoms with van der Waals surface area (Å²) in [6.45, 7) is 6.57. The third-order valence-corrected chi connectivity index (χ3v) is 10.2. The third kappa shape index (κ3) is 11.1. The molecule has 0 amide bonds. The molecule has 0 saturated heterocycles. The van der Waals surface area contributed by atoms with Gasteiger partial charge in [-0.2, -0.15) is 0 Å². The summed E-state index contributed by atoms with van der Waals surface area (Å²) in [5.74, 6) is 1.28. The predicted octanol–water partition coefficient (Wildman–Crippen LogP) is 13.5. The standard InChI is InChI=1S/C53H56N2/c1-5-7-39-54(3)53(55(4)40-8-6-2)52(51-37-31-45(32-38-51)22-21-43-27-33-49(34-28-43)48-17-13-10-14-18-48)50-35-29-44(30-36-50)20-19-42-23-25-47(26-24-42)41-46-15-11-9-12-16-46/h9-38H,5-8,39-41H2,1-4H3/b20-19+,22-21+. The maximum Gasteiger partial charge on any atom is 0.112 e. The van der Waals surface area contributed by atoms with E-state index in [9.17, 15) is 0 Å². The molecule has 0 aromatic heterocycles. The van der Waals surface area contributed by atoms with E-state index in [0.29, 0.717) is 0 Å². The summed E-state index contributed by atoms with van der Waals surface area (Å²) >= 11 is 0. The van der Waals surface area contributed by atoms with Gasteiger partial charge in [0.15, 0.2) is 0 Å². The maximum absolute atomic E-state index is 2.47. The number of nitrogens with zero attached hydrogens (tertiary/aromatic N) is 2. The van der Waals surface area contributed by atoms with Gasteiger partial charge < -0.3 is 9.80 Å². The molecule has 0 N–H and O–H groups in total. The molecule has 0 heterocycles. The minimum absolute atomic E-state index is 0.953. The van der Waals surface area contributed by atoms with E-state index in [2.05, 4.69) is 220 Å². The summed E-state index contributed by atoms with van der Waals surface area (Å²) < 4.78 is 0. The van der Waals surface area contributed by atoms with E-state index in [1.54, 1.807) is 0 Å². The zero-order chi connectivity index (χ0) is 38.2. The minimum Gasteiger partial charge on any atom is -0.361 e. The zero-order valence-electron chi connectivity index (χ0n) is 33.2. The van der Waals surface area contributed by atoms with Gasteiger partial charge in [0.1, 0.15) is 5.82 Å². The Labute approximate surface area is 330 Å². The average Bonchev–Trinajstić information content (AvgIpc) is 3.24. The van der Waals surface area contributed by atoms with Crippen molar-refractivity contribution < 1.29 is 0 Å². The molecule has 6 aromatic carbocycles. The van der Waals surface area contributed by atoms with Crippen molar-refractivity contribution in [3.8, 4) is 11.1 Å². The van der Waals surface area contributed by atoms with Gasteiger partial charge in [0.25, 0.3) is 0 Å². The van der Waals surface area contributed by atoms with Crippen LogP contribution in [-0.2, 0) is 6.42 Å². The van der Waals surface area contributed by atoms with Gasteiger partial charge in [0, 0.05) is 32.8 Å². The van der Waals surface area contributed by atoms with Crippen molar-refractivity contribution in [2.45, 2.75) is 46.0 Å². The fourth-order valence-corrected chi connectivity index (χ4v) is 7.00. The molecule has 6 aromatic rings. The van der Waals surface area contributed by atoms with Crippen LogP contribution in [0.3, 0.4) is 0 Å². The average molecular weight is 721 g/mol. The highest BCUT2D eigenvalue weighted by Gasteiger charge is 2.19.